The van der Waals surface area contributed by atoms with Crippen LogP contribution in [0.3, 0.4) is 0 Å². The molecule has 0 fully saturated rings. The summed E-state index contributed by atoms with van der Waals surface area (Å²) in [4.78, 5) is 7.71. The molecule has 3 rings (SSSR count). The normalized spacial score (nSPS) is 10.9. The lowest BCUT2D eigenvalue weighted by molar-refractivity contribution is 1.35. The highest BCUT2D eigenvalue weighted by molar-refractivity contribution is 14.1. The van der Waals surface area contributed by atoms with E-state index in [1.807, 2.05) is 36.7 Å². The fourth-order valence-corrected chi connectivity index (χ4v) is 2.47. The zero-order valence-corrected chi connectivity index (χ0v) is 11.7. The van der Waals surface area contributed by atoms with Crippen molar-refractivity contribution >= 4 is 45.1 Å². The number of pyridine rings is 1. The van der Waals surface area contributed by atoms with Crippen molar-refractivity contribution in [2.24, 2.45) is 0 Å². The Bertz CT molecular complexity index is 673. The van der Waals surface area contributed by atoms with Crippen LogP contribution in [0.15, 0.2) is 42.7 Å². The fraction of sp³-hybridized carbons (Fsp3) is 0. The number of rotatable bonds is 1. The molecule has 0 spiro atoms. The number of halogens is 2. The van der Waals surface area contributed by atoms with E-state index in [1.165, 1.54) is 3.57 Å². The quantitative estimate of drug-likeness (QED) is 0.641. The minimum Gasteiger partial charge on any atom is -0.360 e. The summed E-state index contributed by atoms with van der Waals surface area (Å²) >= 11 is 8.17. The third-order valence-corrected chi connectivity index (χ3v) is 3.80. The van der Waals surface area contributed by atoms with Crippen molar-refractivity contribution in [3.8, 4) is 11.3 Å². The predicted molar refractivity (Wildman–Crippen MR) is 79.3 cm³/mol. The molecule has 3 aromatic rings. The van der Waals surface area contributed by atoms with Crippen molar-refractivity contribution < 1.29 is 0 Å². The van der Waals surface area contributed by atoms with Crippen LogP contribution in [0.5, 0.6) is 0 Å². The summed E-state index contributed by atoms with van der Waals surface area (Å²) in [6.07, 6.45) is 3.89. The summed E-state index contributed by atoms with van der Waals surface area (Å²) < 4.78 is 1.19. The first-order chi connectivity index (χ1) is 8.24. The molecule has 1 N–H and O–H groups in total. The average molecular weight is 355 g/mol. The number of nitrogens with zero attached hydrogens (tertiary/aromatic N) is 1. The monoisotopic (exact) mass is 354 g/mol. The molecule has 0 saturated heterocycles. The Balaban J connectivity index is 2.14. The van der Waals surface area contributed by atoms with Crippen LogP contribution in [-0.4, -0.2) is 9.97 Å². The van der Waals surface area contributed by atoms with Crippen LogP contribution in [0.4, 0.5) is 0 Å². The van der Waals surface area contributed by atoms with Gasteiger partial charge in [-0.2, -0.15) is 0 Å². The Morgan fingerprint density at radius 1 is 1.18 bits per heavy atom. The molecular formula is C13H8ClIN2. The Labute approximate surface area is 117 Å². The predicted octanol–water partition coefficient (Wildman–Crippen LogP) is 4.49. The minimum atomic E-state index is 0.740. The lowest BCUT2D eigenvalue weighted by Crippen LogP contribution is -1.83. The molecule has 4 heteroatoms. The van der Waals surface area contributed by atoms with Gasteiger partial charge in [0.05, 0.1) is 11.2 Å². The molecule has 0 bridgehead atoms. The molecule has 1 aromatic carbocycles. The minimum absolute atomic E-state index is 0.740. The summed E-state index contributed by atoms with van der Waals surface area (Å²) in [6.45, 7) is 0. The lowest BCUT2D eigenvalue weighted by Gasteiger charge is -2.01. The molecule has 0 aliphatic heterocycles. The molecule has 0 aliphatic rings. The van der Waals surface area contributed by atoms with E-state index in [4.69, 9.17) is 11.6 Å². The molecule has 2 nitrogen and oxygen atoms in total. The van der Waals surface area contributed by atoms with E-state index in [9.17, 15) is 0 Å². The zero-order valence-electron chi connectivity index (χ0n) is 8.74. The van der Waals surface area contributed by atoms with Crippen LogP contribution in [0.1, 0.15) is 0 Å². The fourth-order valence-electron chi connectivity index (χ4n) is 1.76. The summed E-state index contributed by atoms with van der Waals surface area (Å²) in [5.41, 5.74) is 3.13. The van der Waals surface area contributed by atoms with E-state index in [-0.39, 0.29) is 0 Å². The molecule has 0 aliphatic carbocycles. The van der Waals surface area contributed by atoms with Gasteiger partial charge in [-0.05, 0) is 40.8 Å². The van der Waals surface area contributed by atoms with Gasteiger partial charge in [0, 0.05) is 31.9 Å². The number of hydrogen-bond acceptors (Lipinski definition) is 1. The molecule has 0 radical (unpaired) electrons. The third-order valence-electron chi connectivity index (χ3n) is 2.66. The summed E-state index contributed by atoms with van der Waals surface area (Å²) in [5, 5.41) is 1.90. The number of aromatic nitrogens is 2. The topological polar surface area (TPSA) is 28.7 Å². The van der Waals surface area contributed by atoms with Gasteiger partial charge in [-0.1, -0.05) is 23.7 Å². The second-order valence-electron chi connectivity index (χ2n) is 3.76. The largest absolute Gasteiger partial charge is 0.360 e. The van der Waals surface area contributed by atoms with E-state index in [0.717, 1.165) is 27.2 Å². The molecule has 17 heavy (non-hydrogen) atoms. The number of hydrogen-bond donors (Lipinski definition) is 1. The van der Waals surface area contributed by atoms with Gasteiger partial charge < -0.3 is 4.98 Å². The second-order valence-corrected chi connectivity index (χ2v) is 5.36. The molecule has 0 unspecified atom stereocenters. The van der Waals surface area contributed by atoms with Gasteiger partial charge in [0.25, 0.3) is 0 Å². The maximum Gasteiger partial charge on any atom is 0.0723 e. The highest BCUT2D eigenvalue weighted by Crippen LogP contribution is 2.25. The van der Waals surface area contributed by atoms with Crippen LogP contribution < -0.4 is 0 Å². The highest BCUT2D eigenvalue weighted by Gasteiger charge is 2.04. The first-order valence-electron chi connectivity index (χ1n) is 5.12. The van der Waals surface area contributed by atoms with E-state index in [0.29, 0.717) is 0 Å². The Hall–Kier alpha value is -1.07. The molecule has 84 valence electrons. The molecule has 0 saturated carbocycles. The lowest BCUT2D eigenvalue weighted by atomic mass is 10.1. The van der Waals surface area contributed by atoms with Gasteiger partial charge in [0.15, 0.2) is 0 Å². The summed E-state index contributed by atoms with van der Waals surface area (Å²) in [5.74, 6) is 0. The van der Waals surface area contributed by atoms with Gasteiger partial charge in [0.2, 0.25) is 0 Å². The third kappa shape index (κ3) is 2.05. The smallest absolute Gasteiger partial charge is 0.0723 e. The zero-order chi connectivity index (χ0) is 11.8. The Morgan fingerprint density at radius 2 is 1.94 bits per heavy atom. The van der Waals surface area contributed by atoms with Gasteiger partial charge in [-0.25, -0.2) is 0 Å². The number of nitrogens with one attached hydrogen (secondary N) is 1. The highest BCUT2D eigenvalue weighted by atomic mass is 127. The van der Waals surface area contributed by atoms with Crippen molar-refractivity contribution in [3.05, 3.63) is 51.3 Å². The van der Waals surface area contributed by atoms with Gasteiger partial charge in [0.1, 0.15) is 0 Å². The first-order valence-corrected chi connectivity index (χ1v) is 6.58. The Morgan fingerprint density at radius 3 is 2.71 bits per heavy atom. The Kier molecular flexibility index (Phi) is 2.80. The van der Waals surface area contributed by atoms with Gasteiger partial charge in [-0.15, -0.1) is 0 Å². The van der Waals surface area contributed by atoms with Crippen LogP contribution in [0.2, 0.25) is 5.02 Å². The molecule has 2 aromatic heterocycles. The van der Waals surface area contributed by atoms with E-state index in [1.54, 1.807) is 0 Å². The molecule has 2 heterocycles. The second kappa shape index (κ2) is 4.31. The summed E-state index contributed by atoms with van der Waals surface area (Å²) in [7, 11) is 0. The maximum absolute atomic E-state index is 5.87. The van der Waals surface area contributed by atoms with E-state index >= 15 is 0 Å². The standard InChI is InChI=1S/C13H8ClIN2/c14-9-3-1-8(2-4-9)12-5-13-10(6-16-12)11(15)7-17-13/h1-7,17H. The number of H-pyrrole nitrogens is 1. The van der Waals surface area contributed by atoms with E-state index < -0.39 is 0 Å². The van der Waals surface area contributed by atoms with Crippen molar-refractivity contribution in [2.75, 3.05) is 0 Å². The number of aromatic amines is 1. The van der Waals surface area contributed by atoms with Crippen LogP contribution in [-0.2, 0) is 0 Å². The van der Waals surface area contributed by atoms with Crippen LogP contribution in [0, 0.1) is 3.57 Å². The number of fused-ring (bicyclic) bond motifs is 1. The van der Waals surface area contributed by atoms with Crippen LogP contribution >= 0.6 is 34.2 Å². The van der Waals surface area contributed by atoms with Crippen molar-refractivity contribution in [1.29, 1.82) is 0 Å². The van der Waals surface area contributed by atoms with Crippen LogP contribution in [0.25, 0.3) is 22.2 Å². The van der Waals surface area contributed by atoms with Crippen molar-refractivity contribution in [3.63, 3.8) is 0 Å². The SMILES string of the molecule is Clc1ccc(-c2cc3[nH]cc(I)c3cn2)cc1. The molecule has 0 atom stereocenters. The van der Waals surface area contributed by atoms with Crippen molar-refractivity contribution in [2.45, 2.75) is 0 Å². The maximum atomic E-state index is 5.87. The van der Waals surface area contributed by atoms with E-state index in [2.05, 4.69) is 38.6 Å². The average Bonchev–Trinajstić information content (AvgIpc) is 2.72. The number of benzene rings is 1. The summed E-state index contributed by atoms with van der Waals surface area (Å²) in [6, 6.07) is 9.76. The van der Waals surface area contributed by atoms with Gasteiger partial charge >= 0.3 is 0 Å². The first kappa shape index (κ1) is 11.0. The van der Waals surface area contributed by atoms with Crippen molar-refractivity contribution in [1.82, 2.24) is 9.97 Å². The molecular weight excluding hydrogens is 347 g/mol. The molecule has 0 amide bonds. The van der Waals surface area contributed by atoms with Gasteiger partial charge in [-0.3, -0.25) is 4.98 Å².